The van der Waals surface area contributed by atoms with Gasteiger partial charge < -0.3 is 5.32 Å². The summed E-state index contributed by atoms with van der Waals surface area (Å²) in [7, 11) is 0. The van der Waals surface area contributed by atoms with E-state index in [9.17, 15) is 4.39 Å². The van der Waals surface area contributed by atoms with E-state index in [1.165, 1.54) is 24.2 Å². The Morgan fingerprint density at radius 3 is 3.07 bits per heavy atom. The van der Waals surface area contributed by atoms with Gasteiger partial charge in [-0.25, -0.2) is 9.37 Å². The van der Waals surface area contributed by atoms with Crippen LogP contribution < -0.4 is 5.32 Å². The first-order chi connectivity index (χ1) is 6.79. The van der Waals surface area contributed by atoms with E-state index in [4.69, 9.17) is 0 Å². The van der Waals surface area contributed by atoms with Crippen LogP contribution in [-0.4, -0.2) is 17.6 Å². The van der Waals surface area contributed by atoms with Crippen molar-refractivity contribution < 1.29 is 4.39 Å². The van der Waals surface area contributed by atoms with Crippen molar-refractivity contribution in [3.63, 3.8) is 0 Å². The molecule has 0 aliphatic carbocycles. The standard InChI is InChI=1S/C10H15FN2S/c1-7-9(6-11)14-10(13-7)5-8-3-2-4-12-8/h8,12H,2-6H2,1H3. The van der Waals surface area contributed by atoms with Gasteiger partial charge in [-0.3, -0.25) is 0 Å². The van der Waals surface area contributed by atoms with Gasteiger partial charge in [-0.2, -0.15) is 0 Å². The summed E-state index contributed by atoms with van der Waals surface area (Å²) >= 11 is 1.52. The third-order valence-corrected chi connectivity index (χ3v) is 3.79. The van der Waals surface area contributed by atoms with Crippen LogP contribution in [0.25, 0.3) is 0 Å². The smallest absolute Gasteiger partial charge is 0.126 e. The lowest BCUT2D eigenvalue weighted by Crippen LogP contribution is -2.23. The summed E-state index contributed by atoms with van der Waals surface area (Å²) in [6, 6.07) is 0.563. The maximum absolute atomic E-state index is 12.5. The minimum atomic E-state index is -0.373. The van der Waals surface area contributed by atoms with Gasteiger partial charge in [0.25, 0.3) is 0 Å². The maximum atomic E-state index is 12.5. The van der Waals surface area contributed by atoms with Crippen LogP contribution in [0.3, 0.4) is 0 Å². The normalized spacial score (nSPS) is 21.7. The fourth-order valence-corrected chi connectivity index (χ4v) is 2.84. The van der Waals surface area contributed by atoms with Crippen molar-refractivity contribution in [2.24, 2.45) is 0 Å². The molecule has 1 aromatic heterocycles. The van der Waals surface area contributed by atoms with Crippen molar-refractivity contribution in [1.29, 1.82) is 0 Å². The van der Waals surface area contributed by atoms with Crippen LogP contribution in [0.2, 0.25) is 0 Å². The molecule has 0 saturated carbocycles. The lowest BCUT2D eigenvalue weighted by atomic mass is 10.2. The molecule has 1 aliphatic heterocycles. The monoisotopic (exact) mass is 214 g/mol. The van der Waals surface area contributed by atoms with Crippen molar-refractivity contribution >= 4 is 11.3 Å². The zero-order valence-electron chi connectivity index (χ0n) is 8.35. The minimum Gasteiger partial charge on any atom is -0.314 e. The maximum Gasteiger partial charge on any atom is 0.126 e. The number of thiazole rings is 1. The predicted octanol–water partition coefficient (Wildman–Crippen LogP) is 2.22. The molecule has 0 bridgehead atoms. The Morgan fingerprint density at radius 2 is 2.50 bits per heavy atom. The number of nitrogens with zero attached hydrogens (tertiary/aromatic N) is 1. The van der Waals surface area contributed by atoms with Crippen LogP contribution in [0.5, 0.6) is 0 Å². The molecule has 1 N–H and O–H groups in total. The van der Waals surface area contributed by atoms with Gasteiger partial charge in [0.1, 0.15) is 6.67 Å². The molecule has 1 aromatic rings. The Kier molecular flexibility index (Phi) is 3.13. The molecule has 0 radical (unpaired) electrons. The molecular formula is C10H15FN2S. The van der Waals surface area contributed by atoms with Gasteiger partial charge in [0.05, 0.1) is 15.6 Å². The van der Waals surface area contributed by atoms with Crippen LogP contribution >= 0.6 is 11.3 Å². The van der Waals surface area contributed by atoms with Crippen LogP contribution in [-0.2, 0) is 13.1 Å². The second kappa shape index (κ2) is 4.36. The van der Waals surface area contributed by atoms with E-state index < -0.39 is 0 Å². The third-order valence-electron chi connectivity index (χ3n) is 2.64. The Balaban J connectivity index is 2.01. The summed E-state index contributed by atoms with van der Waals surface area (Å²) in [4.78, 5) is 5.17. The van der Waals surface area contributed by atoms with Crippen molar-refractivity contribution in [3.05, 3.63) is 15.6 Å². The van der Waals surface area contributed by atoms with Gasteiger partial charge in [0.15, 0.2) is 0 Å². The third kappa shape index (κ3) is 2.12. The molecule has 78 valence electrons. The largest absolute Gasteiger partial charge is 0.314 e. The first-order valence-corrected chi connectivity index (χ1v) is 5.86. The number of aromatic nitrogens is 1. The number of nitrogens with one attached hydrogen (secondary N) is 1. The van der Waals surface area contributed by atoms with Crippen LogP contribution in [0.1, 0.15) is 28.4 Å². The summed E-state index contributed by atoms with van der Waals surface area (Å²) in [6.07, 6.45) is 3.44. The van der Waals surface area contributed by atoms with E-state index in [2.05, 4.69) is 10.3 Å². The van der Waals surface area contributed by atoms with E-state index in [0.29, 0.717) is 6.04 Å². The van der Waals surface area contributed by atoms with Crippen LogP contribution in [0.4, 0.5) is 4.39 Å². The molecule has 1 saturated heterocycles. The fraction of sp³-hybridized carbons (Fsp3) is 0.700. The van der Waals surface area contributed by atoms with Gasteiger partial charge in [-0.1, -0.05) is 0 Å². The summed E-state index contributed by atoms with van der Waals surface area (Å²) in [5, 5.41) is 4.50. The average molecular weight is 214 g/mol. The highest BCUT2D eigenvalue weighted by Gasteiger charge is 2.17. The summed E-state index contributed by atoms with van der Waals surface area (Å²) in [6.45, 7) is 2.63. The quantitative estimate of drug-likeness (QED) is 0.834. The van der Waals surface area contributed by atoms with Gasteiger partial charge in [0, 0.05) is 12.5 Å². The molecule has 1 atom stereocenters. The molecule has 0 spiro atoms. The highest BCUT2D eigenvalue weighted by Crippen LogP contribution is 2.21. The fourth-order valence-electron chi connectivity index (χ4n) is 1.84. The second-order valence-electron chi connectivity index (χ2n) is 3.75. The van der Waals surface area contributed by atoms with Gasteiger partial charge in [-0.15, -0.1) is 11.3 Å². The second-order valence-corrected chi connectivity index (χ2v) is 4.92. The molecule has 1 unspecified atom stereocenters. The lowest BCUT2D eigenvalue weighted by molar-refractivity contribution is 0.489. The number of aryl methyl sites for hydroxylation is 1. The van der Waals surface area contributed by atoms with Crippen molar-refractivity contribution in [2.45, 2.75) is 38.9 Å². The Labute approximate surface area is 87.6 Å². The highest BCUT2D eigenvalue weighted by molar-refractivity contribution is 7.11. The minimum absolute atomic E-state index is 0.373. The number of hydrogen-bond donors (Lipinski definition) is 1. The van der Waals surface area contributed by atoms with Crippen molar-refractivity contribution in [3.8, 4) is 0 Å². The first-order valence-electron chi connectivity index (χ1n) is 5.04. The lowest BCUT2D eigenvalue weighted by Gasteiger charge is -2.06. The Bertz CT molecular complexity index is 305. The molecular weight excluding hydrogens is 199 g/mol. The molecule has 14 heavy (non-hydrogen) atoms. The topological polar surface area (TPSA) is 24.9 Å². The highest BCUT2D eigenvalue weighted by atomic mass is 32.1. The predicted molar refractivity (Wildman–Crippen MR) is 56.4 cm³/mol. The van der Waals surface area contributed by atoms with E-state index in [0.717, 1.165) is 28.5 Å². The van der Waals surface area contributed by atoms with Crippen LogP contribution in [0, 0.1) is 6.92 Å². The molecule has 2 nitrogen and oxygen atoms in total. The molecule has 4 heteroatoms. The summed E-state index contributed by atoms with van der Waals surface area (Å²) < 4.78 is 12.5. The molecule has 0 aromatic carbocycles. The number of rotatable bonds is 3. The number of alkyl halides is 1. The molecule has 2 heterocycles. The van der Waals surface area contributed by atoms with E-state index in [1.807, 2.05) is 6.92 Å². The van der Waals surface area contributed by atoms with E-state index in [-0.39, 0.29) is 6.67 Å². The van der Waals surface area contributed by atoms with Gasteiger partial charge in [-0.05, 0) is 26.3 Å². The van der Waals surface area contributed by atoms with Gasteiger partial charge in [0.2, 0.25) is 0 Å². The zero-order chi connectivity index (χ0) is 9.97. The van der Waals surface area contributed by atoms with Gasteiger partial charge >= 0.3 is 0 Å². The number of halogens is 1. The zero-order valence-corrected chi connectivity index (χ0v) is 9.16. The SMILES string of the molecule is Cc1nc(CC2CCCN2)sc1CF. The molecule has 1 aliphatic rings. The first kappa shape index (κ1) is 10.1. The molecule has 2 rings (SSSR count). The molecule has 1 fully saturated rings. The van der Waals surface area contributed by atoms with Crippen molar-refractivity contribution in [2.75, 3.05) is 6.54 Å². The molecule has 0 amide bonds. The summed E-state index contributed by atoms with van der Waals surface area (Å²) in [5.74, 6) is 0. The van der Waals surface area contributed by atoms with E-state index >= 15 is 0 Å². The Hall–Kier alpha value is -0.480. The van der Waals surface area contributed by atoms with E-state index in [1.54, 1.807) is 0 Å². The Morgan fingerprint density at radius 1 is 1.64 bits per heavy atom. The van der Waals surface area contributed by atoms with Crippen LogP contribution in [0.15, 0.2) is 0 Å². The average Bonchev–Trinajstić information content (AvgIpc) is 2.76. The summed E-state index contributed by atoms with van der Waals surface area (Å²) in [5.41, 5.74) is 0.866. The van der Waals surface area contributed by atoms with Crippen molar-refractivity contribution in [1.82, 2.24) is 10.3 Å². The number of hydrogen-bond acceptors (Lipinski definition) is 3.